The Morgan fingerprint density at radius 3 is 2.32 bits per heavy atom. The van der Waals surface area contributed by atoms with Crippen molar-refractivity contribution >= 4 is 27.5 Å². The molecule has 0 saturated carbocycles. The Balaban J connectivity index is 1.65. The summed E-state index contributed by atoms with van der Waals surface area (Å²) in [5.41, 5.74) is 1.59. The van der Waals surface area contributed by atoms with E-state index in [1.807, 2.05) is 0 Å². The van der Waals surface area contributed by atoms with Gasteiger partial charge in [-0.05, 0) is 61.4 Å². The van der Waals surface area contributed by atoms with E-state index in [0.717, 1.165) is 0 Å². The van der Waals surface area contributed by atoms with Crippen molar-refractivity contribution < 1.29 is 27.9 Å². The Morgan fingerprint density at radius 1 is 1.11 bits per heavy atom. The van der Waals surface area contributed by atoms with Crippen LogP contribution in [0, 0.1) is 5.92 Å². The number of ether oxygens (including phenoxy) is 2. The summed E-state index contributed by atoms with van der Waals surface area (Å²) in [7, 11) is -3.85. The van der Waals surface area contributed by atoms with Gasteiger partial charge in [0.1, 0.15) is 17.7 Å². The molecule has 0 bridgehead atoms. The summed E-state index contributed by atoms with van der Waals surface area (Å²) in [4.78, 5) is 11.6. The van der Waals surface area contributed by atoms with E-state index < -0.39 is 28.1 Å². The zero-order valence-electron chi connectivity index (χ0n) is 14.7. The largest absolute Gasteiger partial charge is 0.457 e. The van der Waals surface area contributed by atoms with Crippen LogP contribution >= 0.6 is 11.6 Å². The molecule has 10 heteroatoms. The molecule has 1 heterocycles. The third kappa shape index (κ3) is 5.21. The van der Waals surface area contributed by atoms with Crippen LogP contribution in [0.4, 0.5) is 0 Å². The number of nitrogens with one attached hydrogen (secondary N) is 2. The van der Waals surface area contributed by atoms with Crippen LogP contribution in [0.15, 0.2) is 53.4 Å². The highest BCUT2D eigenvalue weighted by atomic mass is 35.5. The molecule has 1 fully saturated rings. The Hall–Kier alpha value is -2.17. The Kier molecular flexibility index (Phi) is 6.53. The van der Waals surface area contributed by atoms with Gasteiger partial charge in [0.15, 0.2) is 0 Å². The molecule has 0 spiro atoms. The molecule has 3 rings (SSSR count). The zero-order chi connectivity index (χ0) is 20.1. The molecular formula is C18H19ClN2O6S. The van der Waals surface area contributed by atoms with Crippen LogP contribution in [-0.2, 0) is 19.6 Å². The summed E-state index contributed by atoms with van der Waals surface area (Å²) in [6.07, 6.45) is -0.323. The number of rotatable bonds is 6. The minimum absolute atomic E-state index is 0.0355. The van der Waals surface area contributed by atoms with E-state index in [9.17, 15) is 13.2 Å². The smallest absolute Gasteiger partial charge is 0.246 e. The second-order valence-corrected chi connectivity index (χ2v) is 8.36. The van der Waals surface area contributed by atoms with Crippen LogP contribution in [0.25, 0.3) is 0 Å². The maximum atomic E-state index is 12.6. The molecule has 0 aromatic heterocycles. The van der Waals surface area contributed by atoms with Gasteiger partial charge in [0.25, 0.3) is 0 Å². The number of amides is 1. The number of sulfonamides is 1. The first-order chi connectivity index (χ1) is 13.4. The number of halogens is 1. The van der Waals surface area contributed by atoms with Gasteiger partial charge in [0, 0.05) is 17.5 Å². The maximum absolute atomic E-state index is 12.6. The fourth-order valence-electron chi connectivity index (χ4n) is 2.78. The van der Waals surface area contributed by atoms with Crippen LogP contribution in [0.1, 0.15) is 12.8 Å². The summed E-state index contributed by atoms with van der Waals surface area (Å²) in [6, 6.07) is 12.7. The molecule has 2 unspecified atom stereocenters. The summed E-state index contributed by atoms with van der Waals surface area (Å²) in [6.45, 7) is 0.207. The van der Waals surface area contributed by atoms with Crippen molar-refractivity contribution in [1.29, 1.82) is 0 Å². The van der Waals surface area contributed by atoms with Gasteiger partial charge >= 0.3 is 0 Å². The second-order valence-electron chi connectivity index (χ2n) is 6.21. The maximum Gasteiger partial charge on any atom is 0.246 e. The van der Waals surface area contributed by atoms with Crippen molar-refractivity contribution in [1.82, 2.24) is 10.2 Å². The lowest BCUT2D eigenvalue weighted by Gasteiger charge is -2.28. The van der Waals surface area contributed by atoms with E-state index in [0.29, 0.717) is 22.9 Å². The van der Waals surface area contributed by atoms with Gasteiger partial charge in [-0.25, -0.2) is 13.9 Å². The molecule has 2 aromatic carbocycles. The summed E-state index contributed by atoms with van der Waals surface area (Å²) < 4.78 is 38.6. The van der Waals surface area contributed by atoms with Crippen LogP contribution in [-0.4, -0.2) is 32.4 Å². The van der Waals surface area contributed by atoms with Crippen LogP contribution in [0.5, 0.6) is 11.5 Å². The molecule has 0 radical (unpaired) electrons. The van der Waals surface area contributed by atoms with Gasteiger partial charge in [-0.3, -0.25) is 10.0 Å². The van der Waals surface area contributed by atoms with Crippen molar-refractivity contribution in [2.45, 2.75) is 24.0 Å². The number of benzene rings is 2. The van der Waals surface area contributed by atoms with Gasteiger partial charge in [0.05, 0.1) is 4.90 Å². The highest BCUT2D eigenvalue weighted by Gasteiger charge is 2.30. The Bertz CT molecular complexity index is 918. The monoisotopic (exact) mass is 426 g/mol. The minimum atomic E-state index is -3.85. The normalized spacial score (nSPS) is 19.8. The molecule has 2 aromatic rings. The number of carbonyl (C=O) groups excluding carboxylic acids is 1. The quantitative estimate of drug-likeness (QED) is 0.483. The van der Waals surface area contributed by atoms with Crippen LogP contribution in [0.3, 0.4) is 0 Å². The average Bonchev–Trinajstić information content (AvgIpc) is 2.69. The first-order valence-corrected chi connectivity index (χ1v) is 10.3. The van der Waals surface area contributed by atoms with Gasteiger partial charge in [-0.15, -0.1) is 0 Å². The molecule has 1 amide bonds. The number of hydrogen-bond acceptors (Lipinski definition) is 6. The van der Waals surface area contributed by atoms with Crippen molar-refractivity contribution in [2.24, 2.45) is 5.92 Å². The fraction of sp³-hybridized carbons (Fsp3) is 0.278. The molecule has 1 aliphatic heterocycles. The van der Waals surface area contributed by atoms with Gasteiger partial charge < -0.3 is 9.47 Å². The molecule has 1 saturated heterocycles. The third-order valence-corrected chi connectivity index (χ3v) is 5.95. The molecule has 28 heavy (non-hydrogen) atoms. The first-order valence-electron chi connectivity index (χ1n) is 8.49. The molecule has 3 N–H and O–H groups in total. The Morgan fingerprint density at radius 2 is 1.71 bits per heavy atom. The van der Waals surface area contributed by atoms with Gasteiger partial charge in [-0.2, -0.15) is 4.72 Å². The molecule has 2 atom stereocenters. The third-order valence-electron chi connectivity index (χ3n) is 4.23. The lowest BCUT2D eigenvalue weighted by Crippen LogP contribution is -2.44. The fourth-order valence-corrected chi connectivity index (χ4v) is 4.04. The van der Waals surface area contributed by atoms with Crippen molar-refractivity contribution in [3.8, 4) is 11.5 Å². The topological polar surface area (TPSA) is 114 Å². The molecular weight excluding hydrogens is 408 g/mol. The highest BCUT2D eigenvalue weighted by Crippen LogP contribution is 2.25. The van der Waals surface area contributed by atoms with E-state index in [-0.39, 0.29) is 17.9 Å². The van der Waals surface area contributed by atoms with E-state index in [2.05, 4.69) is 4.72 Å². The first kappa shape index (κ1) is 20.6. The molecule has 1 aliphatic rings. The number of hydrogen-bond donors (Lipinski definition) is 3. The molecule has 0 aliphatic carbocycles. The van der Waals surface area contributed by atoms with Crippen LogP contribution < -0.4 is 14.9 Å². The second kappa shape index (κ2) is 8.89. The SMILES string of the molecule is O=C(NO)C1CCOC(NS(=O)(=O)c2ccc(Oc3ccc(Cl)cc3)cc2)C1. The number of hydroxylamine groups is 1. The van der Waals surface area contributed by atoms with E-state index in [1.54, 1.807) is 29.7 Å². The van der Waals surface area contributed by atoms with Crippen molar-refractivity contribution in [2.75, 3.05) is 6.61 Å². The predicted molar refractivity (Wildman–Crippen MR) is 101 cm³/mol. The van der Waals surface area contributed by atoms with Gasteiger partial charge in [0.2, 0.25) is 15.9 Å². The zero-order valence-corrected chi connectivity index (χ0v) is 16.2. The Labute approximate surface area is 167 Å². The number of carbonyl (C=O) groups is 1. The van der Waals surface area contributed by atoms with E-state index in [1.165, 1.54) is 24.3 Å². The standard InChI is InChI=1S/C18H19ClN2O6S/c19-13-1-3-14(4-2-13)27-15-5-7-16(8-6-15)28(24,25)21-17-11-12(9-10-26-17)18(22)20-23/h1-8,12,17,21,23H,9-11H2,(H,20,22). The summed E-state index contributed by atoms with van der Waals surface area (Å²) in [5.74, 6) is -0.0467. The molecule has 8 nitrogen and oxygen atoms in total. The summed E-state index contributed by atoms with van der Waals surface area (Å²) >= 11 is 5.83. The van der Waals surface area contributed by atoms with Gasteiger partial charge in [-0.1, -0.05) is 11.6 Å². The van der Waals surface area contributed by atoms with E-state index in [4.69, 9.17) is 26.3 Å². The predicted octanol–water partition coefficient (Wildman–Crippen LogP) is 2.67. The van der Waals surface area contributed by atoms with Crippen LogP contribution in [0.2, 0.25) is 5.02 Å². The van der Waals surface area contributed by atoms with Crippen molar-refractivity contribution in [3.05, 3.63) is 53.6 Å². The lowest BCUT2D eigenvalue weighted by atomic mass is 9.98. The van der Waals surface area contributed by atoms with E-state index >= 15 is 0 Å². The minimum Gasteiger partial charge on any atom is -0.457 e. The highest BCUT2D eigenvalue weighted by molar-refractivity contribution is 7.89. The average molecular weight is 427 g/mol. The van der Waals surface area contributed by atoms with Crippen molar-refractivity contribution in [3.63, 3.8) is 0 Å². The molecule has 150 valence electrons. The lowest BCUT2D eigenvalue weighted by molar-refractivity contribution is -0.138. The summed E-state index contributed by atoms with van der Waals surface area (Å²) in [5, 5.41) is 9.32.